The average molecular weight is 460 g/mol. The summed E-state index contributed by atoms with van der Waals surface area (Å²) in [6.07, 6.45) is -7.57. The van der Waals surface area contributed by atoms with Gasteiger partial charge in [0.2, 0.25) is 6.29 Å². The van der Waals surface area contributed by atoms with E-state index in [1.54, 1.807) is 0 Å². The third-order valence-electron chi connectivity index (χ3n) is 5.30. The zero-order valence-electron chi connectivity index (χ0n) is 17.1. The minimum Gasteiger partial charge on any atom is -0.504 e. The molecule has 1 saturated heterocycles. The molecule has 11 nitrogen and oxygen atoms in total. The van der Waals surface area contributed by atoms with Crippen LogP contribution in [0.4, 0.5) is 0 Å². The lowest BCUT2D eigenvalue weighted by atomic mass is 9.99. The van der Waals surface area contributed by atoms with Gasteiger partial charge in [0, 0.05) is 6.07 Å². The molecule has 1 aromatic heterocycles. The first-order valence-corrected chi connectivity index (χ1v) is 9.73. The van der Waals surface area contributed by atoms with E-state index >= 15 is 0 Å². The molecule has 0 aliphatic carbocycles. The lowest BCUT2D eigenvalue weighted by Crippen LogP contribution is -2.61. The van der Waals surface area contributed by atoms with Gasteiger partial charge in [-0.2, -0.15) is 0 Å². The molecule has 0 radical (unpaired) electrons. The number of phenols is 1. The third kappa shape index (κ3) is 4.10. The van der Waals surface area contributed by atoms with Gasteiger partial charge in [-0.15, -0.1) is 0 Å². The van der Waals surface area contributed by atoms with Gasteiger partial charge in [-0.3, -0.25) is 4.79 Å². The van der Waals surface area contributed by atoms with Gasteiger partial charge in [-0.25, -0.2) is 4.79 Å². The van der Waals surface area contributed by atoms with Gasteiger partial charge in [-0.1, -0.05) is 6.07 Å². The van der Waals surface area contributed by atoms with Crippen LogP contribution >= 0.6 is 0 Å². The van der Waals surface area contributed by atoms with Gasteiger partial charge in [-0.05, 0) is 29.8 Å². The number of benzene rings is 2. The number of phenolic OH excluding ortho intramolecular Hbond substituents is 1. The number of methoxy groups -OCH3 is 1. The maximum absolute atomic E-state index is 13.0. The summed E-state index contributed by atoms with van der Waals surface area (Å²) < 4.78 is 21.2. The van der Waals surface area contributed by atoms with E-state index in [1.165, 1.54) is 49.8 Å². The molecule has 1 aliphatic heterocycles. The number of rotatable bonds is 5. The molecule has 11 heteroatoms. The van der Waals surface area contributed by atoms with Crippen LogP contribution in [-0.4, -0.2) is 69.3 Å². The first kappa shape index (κ1) is 22.6. The average Bonchev–Trinajstić information content (AvgIpc) is 2.80. The highest BCUT2D eigenvalue weighted by molar-refractivity contribution is 5.83. The normalized spacial score (nSPS) is 25.0. The Kier molecular flexibility index (Phi) is 5.95. The van der Waals surface area contributed by atoms with Crippen molar-refractivity contribution in [1.29, 1.82) is 0 Å². The number of carbonyl (C=O) groups is 1. The number of aromatic hydroxyl groups is 1. The minimum absolute atomic E-state index is 0.0569. The number of hydrogen-bond donors (Lipinski definition) is 5. The molecule has 174 valence electrons. The lowest BCUT2D eigenvalue weighted by Gasteiger charge is -2.38. The second-order valence-electron chi connectivity index (χ2n) is 7.38. The van der Waals surface area contributed by atoms with E-state index in [1.807, 2.05) is 0 Å². The van der Waals surface area contributed by atoms with Crippen molar-refractivity contribution in [3.63, 3.8) is 0 Å². The highest BCUT2D eigenvalue weighted by Gasteiger charge is 2.48. The Morgan fingerprint density at radius 1 is 1.03 bits per heavy atom. The van der Waals surface area contributed by atoms with Gasteiger partial charge >= 0.3 is 5.97 Å². The van der Waals surface area contributed by atoms with Crippen molar-refractivity contribution in [3.05, 3.63) is 52.9 Å². The van der Waals surface area contributed by atoms with Gasteiger partial charge in [0.15, 0.2) is 23.0 Å². The monoisotopic (exact) mass is 460 g/mol. The van der Waals surface area contributed by atoms with Crippen LogP contribution in [0.25, 0.3) is 22.1 Å². The topological polar surface area (TPSA) is 176 Å². The molecule has 2 heterocycles. The van der Waals surface area contributed by atoms with E-state index in [4.69, 9.17) is 23.7 Å². The molecule has 1 fully saturated rings. The maximum atomic E-state index is 13.0. The van der Waals surface area contributed by atoms with Crippen LogP contribution in [0.3, 0.4) is 0 Å². The van der Waals surface area contributed by atoms with E-state index < -0.39 is 36.7 Å². The van der Waals surface area contributed by atoms with E-state index in [2.05, 4.69) is 0 Å². The molecule has 0 bridgehead atoms. The second kappa shape index (κ2) is 8.71. The molecule has 0 amide bonds. The molecular weight excluding hydrogens is 440 g/mol. The molecular formula is C22H20O11. The van der Waals surface area contributed by atoms with Crippen LogP contribution in [-0.2, 0) is 9.53 Å². The number of carboxylic acid groups (broad SMARTS) is 1. The fourth-order valence-corrected chi connectivity index (χ4v) is 3.51. The van der Waals surface area contributed by atoms with E-state index in [-0.39, 0.29) is 39.2 Å². The summed E-state index contributed by atoms with van der Waals surface area (Å²) in [4.78, 5) is 24.2. The molecule has 4 rings (SSSR count). The number of hydrogen-bond acceptors (Lipinski definition) is 10. The molecule has 33 heavy (non-hydrogen) atoms. The molecule has 0 spiro atoms. The van der Waals surface area contributed by atoms with Crippen molar-refractivity contribution in [1.82, 2.24) is 0 Å². The zero-order chi connectivity index (χ0) is 23.9. The Morgan fingerprint density at radius 2 is 1.79 bits per heavy atom. The maximum Gasteiger partial charge on any atom is 0.335 e. The Morgan fingerprint density at radius 3 is 2.48 bits per heavy atom. The second-order valence-corrected chi connectivity index (χ2v) is 7.38. The van der Waals surface area contributed by atoms with Crippen molar-refractivity contribution < 1.29 is 49.0 Å². The van der Waals surface area contributed by atoms with Crippen molar-refractivity contribution in [2.45, 2.75) is 30.7 Å². The van der Waals surface area contributed by atoms with Gasteiger partial charge in [0.25, 0.3) is 0 Å². The Balaban J connectivity index is 1.64. The van der Waals surface area contributed by atoms with Crippen molar-refractivity contribution >= 4 is 16.9 Å². The SMILES string of the molecule is COc1cc(-c2coc3cc(O[C@@H]4O[C@H](C(=O)O)[C@@H](O)[C@H](O)[C@H]4O)ccc3c2=O)ccc1O. The molecule has 0 saturated carbocycles. The number of ether oxygens (including phenoxy) is 3. The minimum atomic E-state index is -1.84. The van der Waals surface area contributed by atoms with Crippen LogP contribution in [0, 0.1) is 0 Å². The van der Waals surface area contributed by atoms with Crippen LogP contribution in [0.1, 0.15) is 0 Å². The molecule has 3 aromatic rings. The van der Waals surface area contributed by atoms with Crippen molar-refractivity contribution in [3.8, 4) is 28.4 Å². The van der Waals surface area contributed by atoms with E-state index in [0.717, 1.165) is 0 Å². The van der Waals surface area contributed by atoms with Crippen LogP contribution in [0.5, 0.6) is 17.2 Å². The summed E-state index contributed by atoms with van der Waals surface area (Å²) in [7, 11) is 1.38. The smallest absolute Gasteiger partial charge is 0.335 e. The summed E-state index contributed by atoms with van der Waals surface area (Å²) in [5.74, 6) is -1.37. The van der Waals surface area contributed by atoms with E-state index in [9.17, 15) is 30.0 Å². The van der Waals surface area contributed by atoms with Gasteiger partial charge < -0.3 is 44.2 Å². The first-order chi connectivity index (χ1) is 15.7. The van der Waals surface area contributed by atoms with Gasteiger partial charge in [0.1, 0.15) is 35.9 Å². The first-order valence-electron chi connectivity index (χ1n) is 9.73. The van der Waals surface area contributed by atoms with Crippen LogP contribution in [0.15, 0.2) is 51.9 Å². The number of fused-ring (bicyclic) bond motifs is 1. The zero-order valence-corrected chi connectivity index (χ0v) is 17.1. The summed E-state index contributed by atoms with van der Waals surface area (Å²) in [5.41, 5.74) is 0.454. The number of aliphatic carboxylic acids is 1. The highest BCUT2D eigenvalue weighted by atomic mass is 16.7. The Hall–Kier alpha value is -3.64. The lowest BCUT2D eigenvalue weighted by molar-refractivity contribution is -0.271. The molecule has 5 atom stereocenters. The van der Waals surface area contributed by atoms with E-state index in [0.29, 0.717) is 5.56 Å². The van der Waals surface area contributed by atoms with Crippen LogP contribution < -0.4 is 14.9 Å². The molecule has 5 N–H and O–H groups in total. The Bertz CT molecular complexity index is 1250. The van der Waals surface area contributed by atoms with Crippen molar-refractivity contribution in [2.24, 2.45) is 0 Å². The summed E-state index contributed by atoms with van der Waals surface area (Å²) >= 11 is 0. The predicted octanol–water partition coefficient (Wildman–Crippen LogP) is 0.445. The quantitative estimate of drug-likeness (QED) is 0.357. The Labute approximate surface area is 185 Å². The fraction of sp³-hybridized carbons (Fsp3) is 0.273. The summed E-state index contributed by atoms with van der Waals surface area (Å²) in [5, 5.41) is 48.9. The van der Waals surface area contributed by atoms with Gasteiger partial charge in [0.05, 0.1) is 18.1 Å². The predicted molar refractivity (Wildman–Crippen MR) is 111 cm³/mol. The third-order valence-corrected chi connectivity index (χ3v) is 5.30. The number of aliphatic hydroxyl groups is 3. The standard InChI is InChI=1S/C22H20O11/c1-30-15-6-9(2-5-13(15)23)12-8-31-14-7-10(3-4-11(14)16(12)24)32-22-19(27)17(25)18(26)20(33-22)21(28)29/h2-8,17-20,22-23,25-27H,1H3,(H,28,29)/t17-,18-,19+,20-,22+/m0/s1. The summed E-state index contributed by atoms with van der Waals surface area (Å²) in [6, 6.07) is 8.54. The molecule has 1 aliphatic rings. The number of aliphatic hydroxyl groups excluding tert-OH is 3. The largest absolute Gasteiger partial charge is 0.504 e. The summed E-state index contributed by atoms with van der Waals surface area (Å²) in [6.45, 7) is 0. The molecule has 0 unspecified atom stereocenters. The molecule has 2 aromatic carbocycles. The van der Waals surface area contributed by atoms with Crippen molar-refractivity contribution in [2.75, 3.05) is 7.11 Å². The fourth-order valence-electron chi connectivity index (χ4n) is 3.51. The number of carboxylic acids is 1. The van der Waals surface area contributed by atoms with Crippen LogP contribution in [0.2, 0.25) is 0 Å². The highest BCUT2D eigenvalue weighted by Crippen LogP contribution is 2.32.